The summed E-state index contributed by atoms with van der Waals surface area (Å²) < 4.78 is 5.37. The summed E-state index contributed by atoms with van der Waals surface area (Å²) in [6.45, 7) is 8.95. The molecule has 0 aromatic heterocycles. The Hall–Kier alpha value is -0.0800. The summed E-state index contributed by atoms with van der Waals surface area (Å²) in [7, 11) is 2.24. The predicted octanol–water partition coefficient (Wildman–Crippen LogP) is 2.54. The fraction of sp³-hybridized carbons (Fsp3) is 1.00. The Bertz CT molecular complexity index is 154. The molecule has 1 saturated heterocycles. The molecule has 1 heterocycles. The van der Waals surface area contributed by atoms with Crippen LogP contribution in [0.25, 0.3) is 0 Å². The molecule has 0 amide bonds. The van der Waals surface area contributed by atoms with Crippen molar-refractivity contribution in [1.82, 2.24) is 4.90 Å². The summed E-state index contributed by atoms with van der Waals surface area (Å²) >= 11 is 0. The van der Waals surface area contributed by atoms with Gasteiger partial charge in [-0.2, -0.15) is 0 Å². The largest absolute Gasteiger partial charge is 0.380 e. The van der Waals surface area contributed by atoms with Crippen LogP contribution in [0.2, 0.25) is 0 Å². The fourth-order valence-corrected chi connectivity index (χ4v) is 2.32. The molecular formula is C12H25NO. The molecule has 1 aliphatic rings. The first-order chi connectivity index (χ1) is 6.72. The molecule has 1 rings (SSSR count). The molecule has 0 saturated carbocycles. The summed E-state index contributed by atoms with van der Waals surface area (Å²) in [6.07, 6.45) is 5.22. The van der Waals surface area contributed by atoms with Crippen LogP contribution >= 0.6 is 0 Å². The molecule has 0 atom stereocenters. The average molecular weight is 199 g/mol. The van der Waals surface area contributed by atoms with Gasteiger partial charge in [-0.1, -0.05) is 26.7 Å². The first-order valence-electron chi connectivity index (χ1n) is 5.99. The standard InChI is InChI=1S/C12H25NO/c1-4-6-8-13(3)9-12(7-5-2)10-14-11-12/h4-11H2,1-3H3. The van der Waals surface area contributed by atoms with E-state index in [0.29, 0.717) is 5.41 Å². The van der Waals surface area contributed by atoms with Crippen LogP contribution in [0, 0.1) is 5.41 Å². The third-order valence-electron chi connectivity index (χ3n) is 3.10. The van der Waals surface area contributed by atoms with Gasteiger partial charge in [0.15, 0.2) is 0 Å². The van der Waals surface area contributed by atoms with Crippen LogP contribution in [0.4, 0.5) is 0 Å². The highest BCUT2D eigenvalue weighted by molar-refractivity contribution is 4.87. The van der Waals surface area contributed by atoms with Gasteiger partial charge in [0.1, 0.15) is 0 Å². The SMILES string of the molecule is CCCCN(C)CC1(CCC)COC1. The minimum Gasteiger partial charge on any atom is -0.380 e. The topological polar surface area (TPSA) is 12.5 Å². The van der Waals surface area contributed by atoms with E-state index < -0.39 is 0 Å². The van der Waals surface area contributed by atoms with Crippen molar-refractivity contribution in [2.24, 2.45) is 5.41 Å². The lowest BCUT2D eigenvalue weighted by molar-refractivity contribution is -0.128. The highest BCUT2D eigenvalue weighted by Gasteiger charge is 2.38. The zero-order valence-electron chi connectivity index (χ0n) is 10.0. The van der Waals surface area contributed by atoms with Gasteiger partial charge in [-0.25, -0.2) is 0 Å². The molecule has 0 spiro atoms. The molecule has 0 N–H and O–H groups in total. The Morgan fingerprint density at radius 3 is 2.36 bits per heavy atom. The predicted molar refractivity (Wildman–Crippen MR) is 60.6 cm³/mol. The number of rotatable bonds is 7. The van der Waals surface area contributed by atoms with Gasteiger partial charge in [0.25, 0.3) is 0 Å². The van der Waals surface area contributed by atoms with Crippen molar-refractivity contribution < 1.29 is 4.74 Å². The van der Waals surface area contributed by atoms with E-state index in [2.05, 4.69) is 25.8 Å². The highest BCUT2D eigenvalue weighted by Crippen LogP contribution is 2.33. The molecule has 1 fully saturated rings. The maximum absolute atomic E-state index is 5.37. The third-order valence-corrected chi connectivity index (χ3v) is 3.10. The van der Waals surface area contributed by atoms with Crippen molar-refractivity contribution in [2.75, 3.05) is 33.4 Å². The first-order valence-corrected chi connectivity index (χ1v) is 5.99. The van der Waals surface area contributed by atoms with Crippen molar-refractivity contribution >= 4 is 0 Å². The Kier molecular flexibility index (Phi) is 4.90. The van der Waals surface area contributed by atoms with Crippen LogP contribution in [0.5, 0.6) is 0 Å². The molecule has 0 aliphatic carbocycles. The Balaban J connectivity index is 2.25. The molecule has 84 valence electrons. The van der Waals surface area contributed by atoms with Crippen LogP contribution in [0.3, 0.4) is 0 Å². The van der Waals surface area contributed by atoms with E-state index in [9.17, 15) is 0 Å². The molecule has 2 heteroatoms. The number of unbranched alkanes of at least 4 members (excludes halogenated alkanes) is 1. The van der Waals surface area contributed by atoms with E-state index in [0.717, 1.165) is 13.2 Å². The summed E-state index contributed by atoms with van der Waals surface area (Å²) in [4.78, 5) is 2.47. The van der Waals surface area contributed by atoms with E-state index in [1.165, 1.54) is 38.8 Å². The smallest absolute Gasteiger partial charge is 0.0557 e. The number of hydrogen-bond acceptors (Lipinski definition) is 2. The van der Waals surface area contributed by atoms with Crippen LogP contribution in [-0.4, -0.2) is 38.3 Å². The van der Waals surface area contributed by atoms with Crippen molar-refractivity contribution in [3.8, 4) is 0 Å². The van der Waals surface area contributed by atoms with Gasteiger partial charge in [0, 0.05) is 12.0 Å². The highest BCUT2D eigenvalue weighted by atomic mass is 16.5. The number of hydrogen-bond donors (Lipinski definition) is 0. The lowest BCUT2D eigenvalue weighted by Crippen LogP contribution is -2.50. The number of ether oxygens (including phenoxy) is 1. The maximum Gasteiger partial charge on any atom is 0.0557 e. The first kappa shape index (κ1) is 12.0. The average Bonchev–Trinajstić information content (AvgIpc) is 2.11. The van der Waals surface area contributed by atoms with Crippen LogP contribution in [0.1, 0.15) is 39.5 Å². The summed E-state index contributed by atoms with van der Waals surface area (Å²) in [5.41, 5.74) is 0.497. The van der Waals surface area contributed by atoms with Crippen molar-refractivity contribution in [1.29, 1.82) is 0 Å². The summed E-state index contributed by atoms with van der Waals surface area (Å²) in [6, 6.07) is 0. The molecule has 0 bridgehead atoms. The van der Waals surface area contributed by atoms with Crippen LogP contribution < -0.4 is 0 Å². The fourth-order valence-electron chi connectivity index (χ4n) is 2.32. The monoisotopic (exact) mass is 199 g/mol. The van der Waals surface area contributed by atoms with Gasteiger partial charge in [0.05, 0.1) is 13.2 Å². The Morgan fingerprint density at radius 2 is 1.93 bits per heavy atom. The van der Waals surface area contributed by atoms with Gasteiger partial charge in [-0.15, -0.1) is 0 Å². The molecule has 0 radical (unpaired) electrons. The summed E-state index contributed by atoms with van der Waals surface area (Å²) in [5.74, 6) is 0. The lowest BCUT2D eigenvalue weighted by atomic mass is 9.81. The molecule has 14 heavy (non-hydrogen) atoms. The van der Waals surface area contributed by atoms with Gasteiger partial charge in [0.2, 0.25) is 0 Å². The quantitative estimate of drug-likeness (QED) is 0.625. The second-order valence-corrected chi connectivity index (χ2v) is 4.83. The van der Waals surface area contributed by atoms with E-state index in [4.69, 9.17) is 4.74 Å². The van der Waals surface area contributed by atoms with E-state index in [1.807, 2.05) is 0 Å². The zero-order chi connectivity index (χ0) is 10.4. The molecule has 0 aromatic carbocycles. The van der Waals surface area contributed by atoms with Gasteiger partial charge >= 0.3 is 0 Å². The van der Waals surface area contributed by atoms with E-state index in [1.54, 1.807) is 0 Å². The molecule has 1 aliphatic heterocycles. The van der Waals surface area contributed by atoms with Gasteiger partial charge in [-0.3, -0.25) is 0 Å². The van der Waals surface area contributed by atoms with Crippen molar-refractivity contribution in [3.63, 3.8) is 0 Å². The van der Waals surface area contributed by atoms with Crippen molar-refractivity contribution in [3.05, 3.63) is 0 Å². The van der Waals surface area contributed by atoms with E-state index >= 15 is 0 Å². The molecule has 0 aromatic rings. The van der Waals surface area contributed by atoms with E-state index in [-0.39, 0.29) is 0 Å². The lowest BCUT2D eigenvalue weighted by Gasteiger charge is -2.44. The van der Waals surface area contributed by atoms with Crippen molar-refractivity contribution in [2.45, 2.75) is 39.5 Å². The Morgan fingerprint density at radius 1 is 1.21 bits per heavy atom. The van der Waals surface area contributed by atoms with Crippen LogP contribution in [-0.2, 0) is 4.74 Å². The number of nitrogens with zero attached hydrogens (tertiary/aromatic N) is 1. The minimum absolute atomic E-state index is 0.497. The second-order valence-electron chi connectivity index (χ2n) is 4.83. The minimum atomic E-state index is 0.497. The van der Waals surface area contributed by atoms with Crippen LogP contribution in [0.15, 0.2) is 0 Å². The Labute approximate surface area is 88.6 Å². The molecular weight excluding hydrogens is 174 g/mol. The van der Waals surface area contributed by atoms with Gasteiger partial charge in [-0.05, 0) is 26.4 Å². The molecule has 0 unspecified atom stereocenters. The van der Waals surface area contributed by atoms with Gasteiger partial charge < -0.3 is 9.64 Å². The molecule has 2 nitrogen and oxygen atoms in total. The zero-order valence-corrected chi connectivity index (χ0v) is 10.0. The third kappa shape index (κ3) is 3.25. The summed E-state index contributed by atoms with van der Waals surface area (Å²) in [5, 5.41) is 0. The normalized spacial score (nSPS) is 19.7. The second kappa shape index (κ2) is 5.72. The maximum atomic E-state index is 5.37.